The molecule has 3 rings (SSSR count). The molecule has 1 atom stereocenters. The molecule has 174 valence electrons. The summed E-state index contributed by atoms with van der Waals surface area (Å²) in [7, 11) is 0. The lowest BCUT2D eigenvalue weighted by molar-refractivity contribution is -0.135. The molecule has 3 aromatic rings. The molecule has 0 aromatic heterocycles. The Morgan fingerprint density at radius 1 is 1.03 bits per heavy atom. The van der Waals surface area contributed by atoms with Gasteiger partial charge in [-0.2, -0.15) is 8.78 Å². The lowest BCUT2D eigenvalue weighted by Crippen LogP contribution is -2.24. The van der Waals surface area contributed by atoms with Gasteiger partial charge >= 0.3 is 5.97 Å². The number of nitrogens with one attached hydrogen (secondary N) is 1. The summed E-state index contributed by atoms with van der Waals surface area (Å²) < 4.78 is 49.2. The number of aliphatic carboxylic acids is 1. The van der Waals surface area contributed by atoms with Gasteiger partial charge in [0.2, 0.25) is 0 Å². The average Bonchev–Trinajstić information content (AvgIpc) is 2.80. The summed E-state index contributed by atoms with van der Waals surface area (Å²) in [6.45, 7) is 0.385. The molecular weight excluding hydrogens is 455 g/mol. The summed E-state index contributed by atoms with van der Waals surface area (Å²) >= 11 is 5.66. The molecule has 1 unspecified atom stereocenters. The lowest BCUT2D eigenvalue weighted by Gasteiger charge is -2.21. The van der Waals surface area contributed by atoms with Crippen molar-refractivity contribution >= 4 is 17.6 Å². The van der Waals surface area contributed by atoms with Gasteiger partial charge in [0, 0.05) is 11.1 Å². The van der Waals surface area contributed by atoms with Gasteiger partial charge < -0.3 is 15.2 Å². The SMILES string of the molecule is O=C(O)CNCCCC(Oc1ccc(C(F)(F)c2ccc(F)c(Cl)c2)cc1)c1ccccc1. The molecule has 0 heterocycles. The zero-order valence-electron chi connectivity index (χ0n) is 17.6. The highest BCUT2D eigenvalue weighted by molar-refractivity contribution is 6.30. The van der Waals surface area contributed by atoms with Crippen LogP contribution in [0.3, 0.4) is 0 Å². The number of rotatable bonds is 11. The van der Waals surface area contributed by atoms with Gasteiger partial charge in [0.05, 0.1) is 11.6 Å². The molecule has 0 amide bonds. The smallest absolute Gasteiger partial charge is 0.317 e. The molecule has 0 spiro atoms. The van der Waals surface area contributed by atoms with Crippen LogP contribution < -0.4 is 10.1 Å². The maximum absolute atomic E-state index is 14.9. The Morgan fingerprint density at radius 2 is 1.70 bits per heavy atom. The molecule has 8 heteroatoms. The highest BCUT2D eigenvalue weighted by atomic mass is 35.5. The van der Waals surface area contributed by atoms with E-state index >= 15 is 0 Å². The van der Waals surface area contributed by atoms with E-state index in [1.54, 1.807) is 0 Å². The van der Waals surface area contributed by atoms with E-state index in [0.717, 1.165) is 23.8 Å². The van der Waals surface area contributed by atoms with Crippen molar-refractivity contribution in [1.82, 2.24) is 5.32 Å². The minimum atomic E-state index is -3.36. The van der Waals surface area contributed by atoms with Gasteiger partial charge in [-0.05, 0) is 67.4 Å². The molecule has 2 N–H and O–H groups in total. The topological polar surface area (TPSA) is 58.6 Å². The second-order valence-corrected chi connectivity index (χ2v) is 7.86. The normalized spacial score (nSPS) is 12.4. The Morgan fingerprint density at radius 3 is 2.33 bits per heavy atom. The average molecular weight is 478 g/mol. The fourth-order valence-corrected chi connectivity index (χ4v) is 3.51. The zero-order chi connectivity index (χ0) is 23.8. The third kappa shape index (κ3) is 6.73. The van der Waals surface area contributed by atoms with E-state index in [1.807, 2.05) is 30.3 Å². The minimum Gasteiger partial charge on any atom is -0.486 e. The Hall–Kier alpha value is -3.03. The predicted molar refractivity (Wildman–Crippen MR) is 120 cm³/mol. The molecular formula is C25H23ClF3NO3. The van der Waals surface area contributed by atoms with Crippen LogP contribution in [0.5, 0.6) is 5.75 Å². The molecule has 3 aromatic carbocycles. The number of carboxylic acids is 1. The molecule has 0 bridgehead atoms. The van der Waals surface area contributed by atoms with Gasteiger partial charge in [-0.15, -0.1) is 0 Å². The number of benzene rings is 3. The van der Waals surface area contributed by atoms with Crippen molar-refractivity contribution in [1.29, 1.82) is 0 Å². The monoisotopic (exact) mass is 477 g/mol. The van der Waals surface area contributed by atoms with Gasteiger partial charge in [0.1, 0.15) is 17.7 Å². The van der Waals surface area contributed by atoms with E-state index in [0.29, 0.717) is 25.1 Å². The Bertz CT molecular complexity index is 1060. The van der Waals surface area contributed by atoms with Crippen molar-refractivity contribution in [3.63, 3.8) is 0 Å². The summed E-state index contributed by atoms with van der Waals surface area (Å²) in [5.74, 6) is -4.63. The quantitative estimate of drug-likeness (QED) is 0.323. The van der Waals surface area contributed by atoms with E-state index in [2.05, 4.69) is 5.32 Å². The van der Waals surface area contributed by atoms with Gasteiger partial charge in [0.15, 0.2) is 0 Å². The number of carboxylic acid groups (broad SMARTS) is 1. The number of halogens is 4. The summed E-state index contributed by atoms with van der Waals surface area (Å²) in [5.41, 5.74) is 0.247. The third-order valence-electron chi connectivity index (χ3n) is 5.04. The van der Waals surface area contributed by atoms with Crippen LogP contribution in [0.25, 0.3) is 0 Å². The van der Waals surface area contributed by atoms with Crippen LogP contribution in [-0.4, -0.2) is 24.2 Å². The highest BCUT2D eigenvalue weighted by Gasteiger charge is 2.34. The van der Waals surface area contributed by atoms with Crippen LogP contribution in [-0.2, 0) is 10.7 Å². The molecule has 0 aliphatic rings. The first kappa shape index (κ1) is 24.6. The maximum Gasteiger partial charge on any atom is 0.317 e. The molecule has 0 fully saturated rings. The van der Waals surface area contributed by atoms with E-state index in [-0.39, 0.29) is 23.2 Å². The van der Waals surface area contributed by atoms with Gasteiger partial charge in [-0.25, -0.2) is 4.39 Å². The number of carbonyl (C=O) groups is 1. The Labute approximate surface area is 195 Å². The molecule has 0 aliphatic heterocycles. The highest BCUT2D eigenvalue weighted by Crippen LogP contribution is 2.38. The zero-order valence-corrected chi connectivity index (χ0v) is 18.4. The van der Waals surface area contributed by atoms with Gasteiger partial charge in [-0.3, -0.25) is 4.79 Å². The van der Waals surface area contributed by atoms with Crippen LogP contribution in [0.1, 0.15) is 35.6 Å². The van der Waals surface area contributed by atoms with E-state index < -0.39 is 23.3 Å². The summed E-state index contributed by atoms with van der Waals surface area (Å²) in [4.78, 5) is 10.6. The van der Waals surface area contributed by atoms with Crippen molar-refractivity contribution in [2.45, 2.75) is 24.9 Å². The molecule has 0 radical (unpaired) electrons. The van der Waals surface area contributed by atoms with Crippen molar-refractivity contribution in [2.75, 3.05) is 13.1 Å². The Kier molecular flexibility index (Phi) is 8.36. The number of alkyl halides is 2. The Balaban J connectivity index is 1.71. The molecule has 0 aliphatic carbocycles. The predicted octanol–water partition coefficient (Wildman–Crippen LogP) is 6.19. The fourth-order valence-electron chi connectivity index (χ4n) is 3.33. The van der Waals surface area contributed by atoms with Crippen molar-refractivity contribution < 1.29 is 27.8 Å². The molecule has 0 saturated heterocycles. The third-order valence-corrected chi connectivity index (χ3v) is 5.33. The summed E-state index contributed by atoms with van der Waals surface area (Å²) in [6, 6.07) is 17.8. The standard InChI is InChI=1S/C25H23ClF3NO3/c26-21-15-19(10-13-22(21)27)25(28,29)18-8-11-20(12-9-18)33-23(17-5-2-1-3-6-17)7-4-14-30-16-24(31)32/h1-3,5-6,8-13,15,23,30H,4,7,14,16H2,(H,31,32). The van der Waals surface area contributed by atoms with Crippen LogP contribution in [0.4, 0.5) is 13.2 Å². The second-order valence-electron chi connectivity index (χ2n) is 7.46. The molecule has 33 heavy (non-hydrogen) atoms. The van der Waals surface area contributed by atoms with E-state index in [4.69, 9.17) is 21.4 Å². The molecule has 0 saturated carbocycles. The van der Waals surface area contributed by atoms with Crippen LogP contribution in [0.15, 0.2) is 72.8 Å². The van der Waals surface area contributed by atoms with Gasteiger partial charge in [-0.1, -0.05) is 41.9 Å². The first-order valence-corrected chi connectivity index (χ1v) is 10.7. The molecule has 4 nitrogen and oxygen atoms in total. The van der Waals surface area contributed by atoms with Crippen molar-refractivity contribution in [3.8, 4) is 5.75 Å². The van der Waals surface area contributed by atoms with E-state index in [1.165, 1.54) is 24.3 Å². The van der Waals surface area contributed by atoms with E-state index in [9.17, 15) is 18.0 Å². The second kappa shape index (κ2) is 11.2. The fraction of sp³-hybridized carbons (Fsp3) is 0.240. The van der Waals surface area contributed by atoms with Crippen LogP contribution >= 0.6 is 11.6 Å². The summed E-state index contributed by atoms with van der Waals surface area (Å²) in [5, 5.41) is 11.2. The van der Waals surface area contributed by atoms with Crippen LogP contribution in [0.2, 0.25) is 5.02 Å². The number of hydrogen-bond acceptors (Lipinski definition) is 3. The first-order chi connectivity index (χ1) is 15.8. The first-order valence-electron chi connectivity index (χ1n) is 10.4. The van der Waals surface area contributed by atoms with Crippen molar-refractivity contribution in [3.05, 3.63) is 100 Å². The number of ether oxygens (including phenoxy) is 1. The number of hydrogen-bond donors (Lipinski definition) is 2. The van der Waals surface area contributed by atoms with Crippen LogP contribution in [0, 0.1) is 5.82 Å². The minimum absolute atomic E-state index is 0.119. The largest absolute Gasteiger partial charge is 0.486 e. The van der Waals surface area contributed by atoms with Crippen molar-refractivity contribution in [2.24, 2.45) is 0 Å². The lowest BCUT2D eigenvalue weighted by atomic mass is 10.00. The maximum atomic E-state index is 14.9. The van der Waals surface area contributed by atoms with Gasteiger partial charge in [0.25, 0.3) is 5.92 Å². The summed E-state index contributed by atoms with van der Waals surface area (Å²) in [6.07, 6.45) is 0.928.